The van der Waals surface area contributed by atoms with Gasteiger partial charge in [0.05, 0.1) is 25.5 Å². The van der Waals surface area contributed by atoms with Crippen LogP contribution in [-0.2, 0) is 17.8 Å². The van der Waals surface area contributed by atoms with Crippen molar-refractivity contribution in [3.05, 3.63) is 47.9 Å². The Morgan fingerprint density at radius 1 is 1.06 bits per heavy atom. The molecule has 0 amide bonds. The van der Waals surface area contributed by atoms with Crippen molar-refractivity contribution in [2.24, 2.45) is 4.99 Å². The minimum atomic E-state index is 0. The van der Waals surface area contributed by atoms with Crippen molar-refractivity contribution < 1.29 is 9.26 Å². The SMILES string of the molecule is CCNC(=NCc1ccccc1N1CCOCC1)N1CCN(Cc2ccon2)CC1.I. The molecule has 3 heterocycles. The summed E-state index contributed by atoms with van der Waals surface area (Å²) in [6, 6.07) is 10.5. The minimum absolute atomic E-state index is 0. The van der Waals surface area contributed by atoms with E-state index in [4.69, 9.17) is 14.3 Å². The Labute approximate surface area is 201 Å². The second kappa shape index (κ2) is 12.3. The number of nitrogens with one attached hydrogen (secondary N) is 1. The van der Waals surface area contributed by atoms with Crippen LogP contribution in [0.25, 0.3) is 0 Å². The number of aliphatic imine (C=N–C) groups is 1. The zero-order valence-corrected chi connectivity index (χ0v) is 20.5. The molecule has 0 aliphatic carbocycles. The summed E-state index contributed by atoms with van der Waals surface area (Å²) >= 11 is 0. The first-order valence-corrected chi connectivity index (χ1v) is 10.9. The highest BCUT2D eigenvalue weighted by Gasteiger charge is 2.21. The largest absolute Gasteiger partial charge is 0.378 e. The highest BCUT2D eigenvalue weighted by atomic mass is 127. The summed E-state index contributed by atoms with van der Waals surface area (Å²) < 4.78 is 10.5. The Hall–Kier alpha value is -1.85. The number of nitrogens with zero attached hydrogens (tertiary/aromatic N) is 5. The van der Waals surface area contributed by atoms with Gasteiger partial charge < -0.3 is 24.4 Å². The topological polar surface area (TPSA) is 69.4 Å². The van der Waals surface area contributed by atoms with Gasteiger partial charge in [-0.05, 0) is 18.6 Å². The fourth-order valence-corrected chi connectivity index (χ4v) is 4.01. The van der Waals surface area contributed by atoms with Gasteiger partial charge in [0.1, 0.15) is 6.26 Å². The maximum Gasteiger partial charge on any atom is 0.194 e. The Kier molecular flexibility index (Phi) is 9.41. The van der Waals surface area contributed by atoms with Gasteiger partial charge in [-0.2, -0.15) is 0 Å². The lowest BCUT2D eigenvalue weighted by molar-refractivity contribution is 0.122. The number of hydrogen-bond donors (Lipinski definition) is 1. The molecule has 2 fully saturated rings. The van der Waals surface area contributed by atoms with Crippen molar-refractivity contribution in [2.75, 3.05) is 63.9 Å². The lowest BCUT2D eigenvalue weighted by Crippen LogP contribution is -2.52. The number of benzene rings is 1. The molecule has 1 aromatic heterocycles. The van der Waals surface area contributed by atoms with E-state index in [1.165, 1.54) is 11.3 Å². The number of morpholine rings is 1. The molecule has 2 aromatic rings. The van der Waals surface area contributed by atoms with Gasteiger partial charge in [-0.25, -0.2) is 4.99 Å². The Morgan fingerprint density at radius 3 is 2.55 bits per heavy atom. The van der Waals surface area contributed by atoms with E-state index in [0.29, 0.717) is 6.54 Å². The van der Waals surface area contributed by atoms with Crippen molar-refractivity contribution in [3.8, 4) is 0 Å². The molecule has 9 heteroatoms. The molecular formula is C22H33IN6O2. The normalized spacial score (nSPS) is 18.0. The summed E-state index contributed by atoms with van der Waals surface area (Å²) in [4.78, 5) is 12.2. The van der Waals surface area contributed by atoms with Crippen LogP contribution in [0.2, 0.25) is 0 Å². The van der Waals surface area contributed by atoms with Crippen LogP contribution < -0.4 is 10.2 Å². The summed E-state index contributed by atoms with van der Waals surface area (Å²) in [7, 11) is 0. The van der Waals surface area contributed by atoms with Crippen LogP contribution in [0.4, 0.5) is 5.69 Å². The maximum absolute atomic E-state index is 5.51. The molecule has 2 saturated heterocycles. The number of aromatic nitrogens is 1. The molecule has 31 heavy (non-hydrogen) atoms. The molecule has 170 valence electrons. The van der Waals surface area contributed by atoms with Gasteiger partial charge in [0.25, 0.3) is 0 Å². The first kappa shape index (κ1) is 23.8. The molecule has 0 spiro atoms. The Morgan fingerprint density at radius 2 is 1.84 bits per heavy atom. The van der Waals surface area contributed by atoms with E-state index in [0.717, 1.165) is 77.2 Å². The zero-order valence-electron chi connectivity index (χ0n) is 18.2. The summed E-state index contributed by atoms with van der Waals surface area (Å²) in [5.41, 5.74) is 3.53. The highest BCUT2D eigenvalue weighted by molar-refractivity contribution is 14.0. The van der Waals surface area contributed by atoms with E-state index in [1.807, 2.05) is 6.07 Å². The summed E-state index contributed by atoms with van der Waals surface area (Å²) in [6.07, 6.45) is 1.64. The van der Waals surface area contributed by atoms with Crippen LogP contribution >= 0.6 is 24.0 Å². The Balaban J connectivity index is 0.00000272. The van der Waals surface area contributed by atoms with Gasteiger partial charge in [-0.3, -0.25) is 4.90 Å². The lowest BCUT2D eigenvalue weighted by Gasteiger charge is -2.36. The molecule has 2 aliphatic rings. The molecule has 0 unspecified atom stereocenters. The van der Waals surface area contributed by atoms with Gasteiger partial charge in [0.2, 0.25) is 0 Å². The van der Waals surface area contributed by atoms with Gasteiger partial charge in [0.15, 0.2) is 5.96 Å². The quantitative estimate of drug-likeness (QED) is 0.343. The predicted molar refractivity (Wildman–Crippen MR) is 133 cm³/mol. The van der Waals surface area contributed by atoms with Gasteiger partial charge in [-0.15, -0.1) is 24.0 Å². The number of piperazine rings is 1. The molecule has 8 nitrogen and oxygen atoms in total. The van der Waals surface area contributed by atoms with Crippen molar-refractivity contribution in [2.45, 2.75) is 20.0 Å². The van der Waals surface area contributed by atoms with E-state index < -0.39 is 0 Å². The lowest BCUT2D eigenvalue weighted by atomic mass is 10.1. The van der Waals surface area contributed by atoms with Gasteiger partial charge in [-0.1, -0.05) is 23.4 Å². The summed E-state index contributed by atoms with van der Waals surface area (Å²) in [6.45, 7) is 11.8. The first-order chi connectivity index (χ1) is 14.8. The number of halogens is 1. The van der Waals surface area contributed by atoms with Crippen molar-refractivity contribution in [3.63, 3.8) is 0 Å². The molecule has 2 aliphatic heterocycles. The average Bonchev–Trinajstić information content (AvgIpc) is 3.31. The standard InChI is InChI=1S/C22H32N6O2.HI/c1-2-23-22(28-10-8-26(9-11-28)18-20-7-14-30-25-20)24-17-19-5-3-4-6-21(19)27-12-15-29-16-13-27;/h3-7,14H,2,8-13,15-18H2,1H3,(H,23,24);1H. The van der Waals surface area contributed by atoms with Crippen LogP contribution in [0.3, 0.4) is 0 Å². The third-order valence-electron chi connectivity index (χ3n) is 5.63. The van der Waals surface area contributed by atoms with E-state index >= 15 is 0 Å². The van der Waals surface area contributed by atoms with Crippen molar-refractivity contribution >= 4 is 35.6 Å². The third-order valence-corrected chi connectivity index (χ3v) is 5.63. The number of anilines is 1. The number of guanidine groups is 1. The van der Waals surface area contributed by atoms with Crippen LogP contribution in [0.5, 0.6) is 0 Å². The van der Waals surface area contributed by atoms with E-state index in [9.17, 15) is 0 Å². The van der Waals surface area contributed by atoms with Crippen LogP contribution in [0.15, 0.2) is 46.1 Å². The van der Waals surface area contributed by atoms with Crippen molar-refractivity contribution in [1.29, 1.82) is 0 Å². The average molecular weight is 540 g/mol. The van der Waals surface area contributed by atoms with Gasteiger partial charge >= 0.3 is 0 Å². The third kappa shape index (κ3) is 6.56. The number of ether oxygens (including phenoxy) is 1. The summed E-state index contributed by atoms with van der Waals surface area (Å²) in [5.74, 6) is 0.996. The second-order valence-electron chi connectivity index (χ2n) is 7.65. The molecule has 0 atom stereocenters. The molecule has 1 aromatic carbocycles. The minimum Gasteiger partial charge on any atom is -0.378 e. The number of hydrogen-bond acceptors (Lipinski definition) is 6. The van der Waals surface area contributed by atoms with Crippen molar-refractivity contribution in [1.82, 2.24) is 20.3 Å². The highest BCUT2D eigenvalue weighted by Crippen LogP contribution is 2.22. The van der Waals surface area contributed by atoms with E-state index in [1.54, 1.807) is 6.26 Å². The zero-order chi connectivity index (χ0) is 20.6. The second-order valence-corrected chi connectivity index (χ2v) is 7.65. The van der Waals surface area contributed by atoms with Crippen LogP contribution in [0, 0.1) is 0 Å². The molecule has 0 radical (unpaired) electrons. The van der Waals surface area contributed by atoms with Crippen LogP contribution in [-0.4, -0.2) is 79.9 Å². The van der Waals surface area contributed by atoms with E-state index in [2.05, 4.69) is 56.4 Å². The molecule has 0 bridgehead atoms. The van der Waals surface area contributed by atoms with Crippen LogP contribution in [0.1, 0.15) is 18.2 Å². The predicted octanol–water partition coefficient (Wildman–Crippen LogP) is 2.41. The molecule has 1 N–H and O–H groups in total. The molecule has 4 rings (SSSR count). The van der Waals surface area contributed by atoms with Gasteiger partial charge in [0, 0.05) is 64.1 Å². The number of para-hydroxylation sites is 1. The fourth-order valence-electron chi connectivity index (χ4n) is 4.01. The first-order valence-electron chi connectivity index (χ1n) is 10.9. The molecular weight excluding hydrogens is 507 g/mol. The van der Waals surface area contributed by atoms with E-state index in [-0.39, 0.29) is 24.0 Å². The Bertz CT molecular complexity index is 802. The molecule has 0 saturated carbocycles. The summed E-state index contributed by atoms with van der Waals surface area (Å²) in [5, 5.41) is 7.50. The fraction of sp³-hybridized carbons (Fsp3) is 0.545. The maximum atomic E-state index is 5.51. The number of rotatable bonds is 6. The smallest absolute Gasteiger partial charge is 0.194 e. The monoisotopic (exact) mass is 540 g/mol.